The summed E-state index contributed by atoms with van der Waals surface area (Å²) in [4.78, 5) is 2.36. The number of aliphatic hydroxyl groups excluding tert-OH is 1. The Labute approximate surface area is 130 Å². The van der Waals surface area contributed by atoms with Crippen LogP contribution in [0.3, 0.4) is 0 Å². The van der Waals surface area contributed by atoms with Crippen molar-refractivity contribution in [3.63, 3.8) is 0 Å². The van der Waals surface area contributed by atoms with Gasteiger partial charge in [0, 0.05) is 25.1 Å². The van der Waals surface area contributed by atoms with Crippen molar-refractivity contribution in [3.8, 4) is 0 Å². The SMILES string of the molecule is CCC(CC)(CO)CNCCCN(C)Cc1ccccc1. The normalized spacial score (nSPS) is 12.0. The van der Waals surface area contributed by atoms with Crippen molar-refractivity contribution >= 4 is 0 Å². The van der Waals surface area contributed by atoms with E-state index >= 15 is 0 Å². The lowest BCUT2D eigenvalue weighted by molar-refractivity contribution is 0.113. The first-order valence-corrected chi connectivity index (χ1v) is 8.20. The molecule has 0 bridgehead atoms. The highest BCUT2D eigenvalue weighted by Crippen LogP contribution is 2.24. The summed E-state index contributed by atoms with van der Waals surface area (Å²) < 4.78 is 0. The second kappa shape index (κ2) is 9.93. The van der Waals surface area contributed by atoms with Gasteiger partial charge in [0.1, 0.15) is 0 Å². The van der Waals surface area contributed by atoms with E-state index in [2.05, 4.69) is 61.4 Å². The van der Waals surface area contributed by atoms with E-state index < -0.39 is 0 Å². The zero-order valence-corrected chi connectivity index (χ0v) is 13.9. The first-order chi connectivity index (χ1) is 10.2. The van der Waals surface area contributed by atoms with Gasteiger partial charge in [-0.2, -0.15) is 0 Å². The number of hydrogen-bond donors (Lipinski definition) is 2. The number of hydrogen-bond acceptors (Lipinski definition) is 3. The molecule has 0 aliphatic heterocycles. The molecule has 0 radical (unpaired) electrons. The van der Waals surface area contributed by atoms with Crippen LogP contribution in [0.15, 0.2) is 30.3 Å². The molecule has 1 aromatic carbocycles. The lowest BCUT2D eigenvalue weighted by Crippen LogP contribution is -2.37. The summed E-state index contributed by atoms with van der Waals surface area (Å²) in [6.45, 7) is 8.63. The highest BCUT2D eigenvalue weighted by atomic mass is 16.3. The van der Waals surface area contributed by atoms with E-state index in [1.165, 1.54) is 5.56 Å². The molecule has 0 atom stereocenters. The van der Waals surface area contributed by atoms with Gasteiger partial charge in [0.2, 0.25) is 0 Å². The van der Waals surface area contributed by atoms with Gasteiger partial charge in [0.15, 0.2) is 0 Å². The molecule has 21 heavy (non-hydrogen) atoms. The van der Waals surface area contributed by atoms with Crippen LogP contribution in [0.4, 0.5) is 0 Å². The number of benzene rings is 1. The van der Waals surface area contributed by atoms with Gasteiger partial charge < -0.3 is 15.3 Å². The summed E-state index contributed by atoms with van der Waals surface area (Å²) in [5.74, 6) is 0. The third kappa shape index (κ3) is 6.60. The van der Waals surface area contributed by atoms with E-state index in [-0.39, 0.29) is 12.0 Å². The molecule has 0 saturated carbocycles. The summed E-state index contributed by atoms with van der Waals surface area (Å²) >= 11 is 0. The minimum atomic E-state index is 0.0654. The van der Waals surface area contributed by atoms with E-state index in [1.54, 1.807) is 0 Å². The second-order valence-corrected chi connectivity index (χ2v) is 6.12. The minimum absolute atomic E-state index is 0.0654. The molecular weight excluding hydrogens is 260 g/mol. The number of nitrogens with zero attached hydrogens (tertiary/aromatic N) is 1. The Hall–Kier alpha value is -0.900. The smallest absolute Gasteiger partial charge is 0.0499 e. The van der Waals surface area contributed by atoms with E-state index in [1.807, 2.05) is 0 Å². The number of aliphatic hydroxyl groups is 1. The van der Waals surface area contributed by atoms with Crippen LogP contribution in [0.5, 0.6) is 0 Å². The molecule has 0 unspecified atom stereocenters. The summed E-state index contributed by atoms with van der Waals surface area (Å²) in [5.41, 5.74) is 1.43. The van der Waals surface area contributed by atoms with Gasteiger partial charge in [-0.15, -0.1) is 0 Å². The van der Waals surface area contributed by atoms with Crippen LogP contribution in [0.1, 0.15) is 38.7 Å². The van der Waals surface area contributed by atoms with Crippen molar-refractivity contribution in [1.29, 1.82) is 0 Å². The molecule has 3 nitrogen and oxygen atoms in total. The van der Waals surface area contributed by atoms with Crippen LogP contribution in [0.2, 0.25) is 0 Å². The van der Waals surface area contributed by atoms with Gasteiger partial charge in [-0.3, -0.25) is 0 Å². The minimum Gasteiger partial charge on any atom is -0.396 e. The van der Waals surface area contributed by atoms with Crippen LogP contribution in [0.25, 0.3) is 0 Å². The summed E-state index contributed by atoms with van der Waals surface area (Å²) in [6, 6.07) is 10.6. The Balaban J connectivity index is 2.16. The molecule has 1 rings (SSSR count). The second-order valence-electron chi connectivity index (χ2n) is 6.12. The largest absolute Gasteiger partial charge is 0.396 e. The first-order valence-electron chi connectivity index (χ1n) is 8.20. The van der Waals surface area contributed by atoms with Crippen molar-refractivity contribution in [2.24, 2.45) is 5.41 Å². The van der Waals surface area contributed by atoms with Crippen molar-refractivity contribution in [2.75, 3.05) is 33.3 Å². The van der Waals surface area contributed by atoms with Gasteiger partial charge in [-0.25, -0.2) is 0 Å². The first kappa shape index (κ1) is 18.1. The molecule has 3 heteroatoms. The van der Waals surface area contributed by atoms with Crippen molar-refractivity contribution in [3.05, 3.63) is 35.9 Å². The summed E-state index contributed by atoms with van der Waals surface area (Å²) in [7, 11) is 2.17. The Morgan fingerprint density at radius 3 is 2.38 bits per heavy atom. The molecule has 0 amide bonds. The van der Waals surface area contributed by atoms with E-state index in [0.717, 1.165) is 45.4 Å². The van der Waals surface area contributed by atoms with Gasteiger partial charge in [0.05, 0.1) is 0 Å². The van der Waals surface area contributed by atoms with Crippen molar-refractivity contribution in [2.45, 2.75) is 39.7 Å². The fourth-order valence-electron chi connectivity index (χ4n) is 2.58. The molecule has 1 aromatic rings. The fraction of sp³-hybridized carbons (Fsp3) is 0.667. The fourth-order valence-corrected chi connectivity index (χ4v) is 2.58. The van der Waals surface area contributed by atoms with Gasteiger partial charge in [-0.05, 0) is 45.0 Å². The van der Waals surface area contributed by atoms with Gasteiger partial charge >= 0.3 is 0 Å². The Kier molecular flexibility index (Phi) is 8.58. The maximum absolute atomic E-state index is 9.54. The molecule has 0 fully saturated rings. The monoisotopic (exact) mass is 292 g/mol. The maximum atomic E-state index is 9.54. The average molecular weight is 292 g/mol. The van der Waals surface area contributed by atoms with E-state index in [0.29, 0.717) is 0 Å². The van der Waals surface area contributed by atoms with Gasteiger partial charge in [-0.1, -0.05) is 44.2 Å². The maximum Gasteiger partial charge on any atom is 0.0499 e. The molecule has 0 aromatic heterocycles. The number of rotatable bonds is 11. The Bertz CT molecular complexity index is 354. The quantitative estimate of drug-likeness (QED) is 0.616. The van der Waals surface area contributed by atoms with Crippen molar-refractivity contribution < 1.29 is 5.11 Å². The van der Waals surface area contributed by atoms with Crippen LogP contribution in [0, 0.1) is 5.41 Å². The highest BCUT2D eigenvalue weighted by molar-refractivity contribution is 5.14. The lowest BCUT2D eigenvalue weighted by Gasteiger charge is -2.29. The zero-order chi connectivity index (χ0) is 15.6. The van der Waals surface area contributed by atoms with E-state index in [9.17, 15) is 5.11 Å². The molecule has 120 valence electrons. The molecular formula is C18H32N2O. The molecule has 2 N–H and O–H groups in total. The molecule has 0 aliphatic rings. The molecule has 0 heterocycles. The van der Waals surface area contributed by atoms with Gasteiger partial charge in [0.25, 0.3) is 0 Å². The molecule has 0 spiro atoms. The van der Waals surface area contributed by atoms with E-state index in [4.69, 9.17) is 0 Å². The topological polar surface area (TPSA) is 35.5 Å². The average Bonchev–Trinajstić information content (AvgIpc) is 2.52. The third-order valence-electron chi connectivity index (χ3n) is 4.52. The Morgan fingerprint density at radius 2 is 1.81 bits per heavy atom. The van der Waals surface area contributed by atoms with Crippen LogP contribution in [-0.2, 0) is 6.54 Å². The van der Waals surface area contributed by atoms with Crippen LogP contribution >= 0.6 is 0 Å². The van der Waals surface area contributed by atoms with Crippen LogP contribution < -0.4 is 5.32 Å². The third-order valence-corrected chi connectivity index (χ3v) is 4.52. The van der Waals surface area contributed by atoms with Crippen molar-refractivity contribution in [1.82, 2.24) is 10.2 Å². The zero-order valence-electron chi connectivity index (χ0n) is 13.9. The predicted octanol–water partition coefficient (Wildman–Crippen LogP) is 2.90. The Morgan fingerprint density at radius 1 is 1.14 bits per heavy atom. The summed E-state index contributed by atoms with van der Waals surface area (Å²) in [6.07, 6.45) is 3.19. The number of nitrogens with one attached hydrogen (secondary N) is 1. The summed E-state index contributed by atoms with van der Waals surface area (Å²) in [5, 5.41) is 13.0. The van der Waals surface area contributed by atoms with Crippen LogP contribution in [-0.4, -0.2) is 43.3 Å². The highest BCUT2D eigenvalue weighted by Gasteiger charge is 2.24. The lowest BCUT2D eigenvalue weighted by atomic mass is 9.83. The predicted molar refractivity (Wildman–Crippen MR) is 90.4 cm³/mol. The standard InChI is InChI=1S/C18H32N2O/c1-4-18(5-2,16-21)15-19-12-9-13-20(3)14-17-10-7-6-8-11-17/h6-8,10-11,19,21H,4-5,9,12-16H2,1-3H3. The molecule has 0 saturated heterocycles. The molecule has 0 aliphatic carbocycles.